The van der Waals surface area contributed by atoms with E-state index >= 15 is 0 Å². The molecular formula is C25H46O4. The van der Waals surface area contributed by atoms with E-state index in [0.717, 1.165) is 64.2 Å². The molecule has 1 saturated carbocycles. The Morgan fingerprint density at radius 2 is 1.76 bits per heavy atom. The van der Waals surface area contributed by atoms with Crippen molar-refractivity contribution < 1.29 is 19.1 Å². The Morgan fingerprint density at radius 1 is 1.03 bits per heavy atom. The van der Waals surface area contributed by atoms with Crippen LogP contribution in [0, 0.1) is 11.8 Å². The molecule has 4 heteroatoms. The second-order valence-electron chi connectivity index (χ2n) is 9.83. The molecule has 170 valence electrons. The maximum absolute atomic E-state index is 12.4. The van der Waals surface area contributed by atoms with Gasteiger partial charge in [0, 0.05) is 18.8 Å². The van der Waals surface area contributed by atoms with E-state index in [1.54, 1.807) is 0 Å². The molecular weight excluding hydrogens is 364 g/mol. The number of methoxy groups -OCH3 is 1. The minimum absolute atomic E-state index is 0.105. The molecule has 0 spiro atoms. The molecule has 29 heavy (non-hydrogen) atoms. The zero-order valence-corrected chi connectivity index (χ0v) is 19.8. The average Bonchev–Trinajstić information content (AvgIpc) is 3.01. The lowest BCUT2D eigenvalue weighted by Gasteiger charge is -2.29. The highest BCUT2D eigenvalue weighted by Crippen LogP contribution is 2.37. The first kappa shape index (κ1) is 26.1. The van der Waals surface area contributed by atoms with Crippen molar-refractivity contribution in [3.63, 3.8) is 0 Å². The van der Waals surface area contributed by atoms with Gasteiger partial charge in [0.25, 0.3) is 0 Å². The predicted molar refractivity (Wildman–Crippen MR) is 119 cm³/mol. The van der Waals surface area contributed by atoms with Gasteiger partial charge in [-0.2, -0.15) is 0 Å². The van der Waals surface area contributed by atoms with Crippen LogP contribution in [-0.2, 0) is 19.1 Å². The molecule has 0 aromatic rings. The molecule has 4 nitrogen and oxygen atoms in total. The Morgan fingerprint density at radius 3 is 2.41 bits per heavy atom. The van der Waals surface area contributed by atoms with Gasteiger partial charge in [-0.15, -0.1) is 0 Å². The molecule has 3 atom stereocenters. The number of Topliss-reactive ketones (excluding diaryl/α,β-unsaturated/α-hetero) is 1. The van der Waals surface area contributed by atoms with Gasteiger partial charge in [0.1, 0.15) is 5.78 Å². The second-order valence-corrected chi connectivity index (χ2v) is 9.83. The highest BCUT2D eigenvalue weighted by atomic mass is 16.5. The van der Waals surface area contributed by atoms with Gasteiger partial charge in [-0.3, -0.25) is 9.59 Å². The molecule has 0 aliphatic heterocycles. The highest BCUT2D eigenvalue weighted by Gasteiger charge is 2.34. The number of unbranched alkanes of at least 4 members (excludes halogenated alkanes) is 5. The number of ketones is 1. The number of rotatable bonds is 15. The van der Waals surface area contributed by atoms with E-state index in [4.69, 9.17) is 4.74 Å². The average molecular weight is 411 g/mol. The molecule has 1 rings (SSSR count). The summed E-state index contributed by atoms with van der Waals surface area (Å²) in [6.07, 6.45) is 14.8. The first-order valence-electron chi connectivity index (χ1n) is 12.0. The van der Waals surface area contributed by atoms with Crippen molar-refractivity contribution in [1.82, 2.24) is 0 Å². The lowest BCUT2D eigenvalue weighted by molar-refractivity contribution is -0.140. The lowest BCUT2D eigenvalue weighted by atomic mass is 9.85. The van der Waals surface area contributed by atoms with Crippen LogP contribution >= 0.6 is 0 Å². The van der Waals surface area contributed by atoms with E-state index in [2.05, 4.69) is 32.4 Å². The van der Waals surface area contributed by atoms with E-state index in [1.165, 1.54) is 26.4 Å². The maximum Gasteiger partial charge on any atom is 0.305 e. The standard InChI is InChI=1S/C25H46O4/c1-6-7-10-13-21(29-25(2,3)4)18-16-20-17-19-23(26)22(20)14-11-8-9-12-15-24(27)28-5/h20-22H,6-19H2,1-5H3/t20-,21?,22+/m0/s1. The Bertz CT molecular complexity index is 466. The van der Waals surface area contributed by atoms with Crippen LogP contribution in [0.2, 0.25) is 0 Å². The van der Waals surface area contributed by atoms with Crippen molar-refractivity contribution >= 4 is 11.8 Å². The van der Waals surface area contributed by atoms with Gasteiger partial charge in [-0.1, -0.05) is 45.4 Å². The fraction of sp³-hybridized carbons (Fsp3) is 0.920. The number of hydrogen-bond acceptors (Lipinski definition) is 4. The second kappa shape index (κ2) is 14.2. The zero-order valence-electron chi connectivity index (χ0n) is 19.8. The summed E-state index contributed by atoms with van der Waals surface area (Å²) >= 11 is 0. The number of carbonyl (C=O) groups excluding carboxylic acids is 2. The largest absolute Gasteiger partial charge is 0.469 e. The number of hydrogen-bond donors (Lipinski definition) is 0. The van der Waals surface area contributed by atoms with Crippen LogP contribution < -0.4 is 0 Å². The summed E-state index contributed by atoms with van der Waals surface area (Å²) in [4.78, 5) is 23.6. The highest BCUT2D eigenvalue weighted by molar-refractivity contribution is 5.83. The fourth-order valence-electron chi connectivity index (χ4n) is 4.59. The van der Waals surface area contributed by atoms with Crippen LogP contribution in [0.4, 0.5) is 0 Å². The Kier molecular flexibility index (Phi) is 12.8. The van der Waals surface area contributed by atoms with Crippen LogP contribution in [0.25, 0.3) is 0 Å². The molecule has 0 heterocycles. The zero-order chi connectivity index (χ0) is 21.7. The Labute approximate surface area is 179 Å². The van der Waals surface area contributed by atoms with E-state index in [0.29, 0.717) is 24.2 Å². The molecule has 1 unspecified atom stereocenters. The van der Waals surface area contributed by atoms with Gasteiger partial charge in [0.15, 0.2) is 0 Å². The third-order valence-electron chi connectivity index (χ3n) is 6.13. The summed E-state index contributed by atoms with van der Waals surface area (Å²) in [5.74, 6) is 1.14. The van der Waals surface area contributed by atoms with Crippen LogP contribution in [0.1, 0.15) is 118 Å². The third kappa shape index (κ3) is 11.8. The third-order valence-corrected chi connectivity index (χ3v) is 6.13. The monoisotopic (exact) mass is 410 g/mol. The quantitative estimate of drug-likeness (QED) is 0.224. The van der Waals surface area contributed by atoms with Gasteiger partial charge in [0.05, 0.1) is 18.8 Å². The minimum atomic E-state index is -0.123. The van der Waals surface area contributed by atoms with Gasteiger partial charge in [0.2, 0.25) is 0 Å². The Hall–Kier alpha value is -0.900. The van der Waals surface area contributed by atoms with Gasteiger partial charge in [-0.25, -0.2) is 0 Å². The van der Waals surface area contributed by atoms with Crippen LogP contribution in [0.5, 0.6) is 0 Å². The molecule has 0 aromatic heterocycles. The minimum Gasteiger partial charge on any atom is -0.469 e. The predicted octanol–water partition coefficient (Wildman–Crippen LogP) is 6.64. The first-order chi connectivity index (χ1) is 13.8. The molecule has 0 bridgehead atoms. The summed E-state index contributed by atoms with van der Waals surface area (Å²) in [7, 11) is 1.44. The van der Waals surface area contributed by atoms with Gasteiger partial charge < -0.3 is 9.47 Å². The molecule has 1 aliphatic rings. The Balaban J connectivity index is 2.39. The summed E-state index contributed by atoms with van der Waals surface area (Å²) in [5.41, 5.74) is -0.105. The van der Waals surface area contributed by atoms with Crippen molar-refractivity contribution in [2.45, 2.75) is 129 Å². The molecule has 0 radical (unpaired) electrons. The molecule has 0 saturated heterocycles. The first-order valence-corrected chi connectivity index (χ1v) is 12.0. The topological polar surface area (TPSA) is 52.6 Å². The van der Waals surface area contributed by atoms with Crippen LogP contribution in [0.3, 0.4) is 0 Å². The van der Waals surface area contributed by atoms with Crippen molar-refractivity contribution in [3.8, 4) is 0 Å². The van der Waals surface area contributed by atoms with Gasteiger partial charge >= 0.3 is 5.97 Å². The molecule has 0 amide bonds. The SMILES string of the molecule is CCCCCC(CC[C@H]1CCC(=O)[C@@H]1CCCCCCC(=O)OC)OC(C)(C)C. The van der Waals surface area contributed by atoms with E-state index < -0.39 is 0 Å². The number of esters is 1. The van der Waals surface area contributed by atoms with Crippen LogP contribution in [0.15, 0.2) is 0 Å². The summed E-state index contributed by atoms with van der Waals surface area (Å²) < 4.78 is 11.0. The number of ether oxygens (including phenoxy) is 2. The summed E-state index contributed by atoms with van der Waals surface area (Å²) in [5, 5.41) is 0. The normalized spacial score (nSPS) is 20.8. The maximum atomic E-state index is 12.4. The van der Waals surface area contributed by atoms with E-state index in [9.17, 15) is 9.59 Å². The summed E-state index contributed by atoms with van der Waals surface area (Å²) in [6.45, 7) is 8.66. The smallest absolute Gasteiger partial charge is 0.305 e. The number of carbonyl (C=O) groups is 2. The molecule has 1 fully saturated rings. The summed E-state index contributed by atoms with van der Waals surface area (Å²) in [6, 6.07) is 0. The van der Waals surface area contributed by atoms with Crippen molar-refractivity contribution in [3.05, 3.63) is 0 Å². The van der Waals surface area contributed by atoms with Crippen LogP contribution in [-0.4, -0.2) is 30.6 Å². The van der Waals surface area contributed by atoms with Crippen molar-refractivity contribution in [1.29, 1.82) is 0 Å². The van der Waals surface area contributed by atoms with E-state index in [1.807, 2.05) is 0 Å². The van der Waals surface area contributed by atoms with Gasteiger partial charge in [-0.05, 0) is 65.2 Å². The molecule has 0 aromatic carbocycles. The molecule has 0 N–H and O–H groups in total. The fourth-order valence-corrected chi connectivity index (χ4v) is 4.59. The van der Waals surface area contributed by atoms with Crippen molar-refractivity contribution in [2.75, 3.05) is 7.11 Å². The van der Waals surface area contributed by atoms with E-state index in [-0.39, 0.29) is 17.5 Å². The van der Waals surface area contributed by atoms with Crippen molar-refractivity contribution in [2.24, 2.45) is 11.8 Å². The lowest BCUT2D eigenvalue weighted by Crippen LogP contribution is -2.28. The molecule has 1 aliphatic carbocycles.